The van der Waals surface area contributed by atoms with Crippen LogP contribution in [-0.4, -0.2) is 74.4 Å². The predicted molar refractivity (Wildman–Crippen MR) is 131 cm³/mol. The summed E-state index contributed by atoms with van der Waals surface area (Å²) in [6, 6.07) is 4.78. The van der Waals surface area contributed by atoms with E-state index in [0.717, 1.165) is 10.9 Å². The third-order valence-electron chi connectivity index (χ3n) is 5.42. The van der Waals surface area contributed by atoms with Gasteiger partial charge in [-0.25, -0.2) is 0 Å². The first-order valence-corrected chi connectivity index (χ1v) is 11.4. The summed E-state index contributed by atoms with van der Waals surface area (Å²) >= 11 is 0. The van der Waals surface area contributed by atoms with Gasteiger partial charge in [-0.1, -0.05) is 19.9 Å². The second-order valence-electron chi connectivity index (χ2n) is 8.73. The number of aliphatic hydroxyl groups excluding tert-OH is 2. The number of fused-ring (bicyclic) bond motifs is 1. The van der Waals surface area contributed by atoms with Crippen molar-refractivity contribution >= 4 is 28.6 Å². The molecule has 0 radical (unpaired) electrons. The zero-order valence-electron chi connectivity index (χ0n) is 20.1. The Morgan fingerprint density at radius 1 is 1.40 bits per heavy atom. The highest BCUT2D eigenvalue weighted by atomic mass is 16.5. The summed E-state index contributed by atoms with van der Waals surface area (Å²) < 4.78 is 7.77. The fraction of sp³-hybridized carbons (Fsp3) is 0.417. The molecule has 0 saturated carbocycles. The summed E-state index contributed by atoms with van der Waals surface area (Å²) in [6.45, 7) is 3.79. The van der Waals surface area contributed by atoms with Crippen LogP contribution in [0.15, 0.2) is 53.5 Å². The molecule has 3 rings (SSSR count). The summed E-state index contributed by atoms with van der Waals surface area (Å²) in [5.74, 6) is 0.217. The van der Waals surface area contributed by atoms with Crippen LogP contribution in [0.5, 0.6) is 5.75 Å². The van der Waals surface area contributed by atoms with Gasteiger partial charge in [0.15, 0.2) is 0 Å². The molecule has 1 aliphatic heterocycles. The second-order valence-corrected chi connectivity index (χ2v) is 8.73. The molecule has 188 valence electrons. The van der Waals surface area contributed by atoms with Gasteiger partial charge in [0.25, 0.3) is 11.8 Å². The first-order chi connectivity index (χ1) is 16.7. The van der Waals surface area contributed by atoms with Gasteiger partial charge in [-0.05, 0) is 30.5 Å². The van der Waals surface area contributed by atoms with Crippen LogP contribution in [0.25, 0.3) is 10.9 Å². The molecule has 2 heterocycles. The number of amides is 2. The largest absolute Gasteiger partial charge is 0.459 e. The maximum Gasteiger partial charge on any atom is 0.270 e. The topological polar surface area (TPSA) is 155 Å². The van der Waals surface area contributed by atoms with Gasteiger partial charge in [-0.3, -0.25) is 14.3 Å². The molecule has 0 saturated heterocycles. The Morgan fingerprint density at radius 3 is 2.89 bits per heavy atom. The SMILES string of the molecule is CC(C)CC(C(=O)N=C(N)C=CNCC(O)CO)N1CC(Oc2cccc3c2cnn3C)=CC1=O. The van der Waals surface area contributed by atoms with Gasteiger partial charge in [0.1, 0.15) is 23.4 Å². The Bertz CT molecular complexity index is 1150. The van der Waals surface area contributed by atoms with E-state index in [-0.39, 0.29) is 37.4 Å². The average Bonchev–Trinajstić information content (AvgIpc) is 3.37. The Labute approximate surface area is 203 Å². The van der Waals surface area contributed by atoms with Crippen molar-refractivity contribution in [1.29, 1.82) is 0 Å². The van der Waals surface area contributed by atoms with Crippen LogP contribution >= 0.6 is 0 Å². The van der Waals surface area contributed by atoms with Gasteiger partial charge < -0.3 is 30.9 Å². The van der Waals surface area contributed by atoms with E-state index in [1.807, 2.05) is 33.0 Å². The molecule has 2 aromatic rings. The number of aliphatic hydroxyl groups is 2. The van der Waals surface area contributed by atoms with Crippen LogP contribution in [0, 0.1) is 5.92 Å². The van der Waals surface area contributed by atoms with E-state index in [0.29, 0.717) is 17.9 Å². The van der Waals surface area contributed by atoms with Crippen molar-refractivity contribution in [3.05, 3.63) is 48.5 Å². The number of carbonyl (C=O) groups is 2. The van der Waals surface area contributed by atoms with Gasteiger partial charge in [-0.15, -0.1) is 0 Å². The van der Waals surface area contributed by atoms with Gasteiger partial charge in [0.05, 0.1) is 36.4 Å². The molecule has 1 aromatic carbocycles. The molecule has 5 N–H and O–H groups in total. The van der Waals surface area contributed by atoms with E-state index in [2.05, 4.69) is 15.4 Å². The molecule has 35 heavy (non-hydrogen) atoms. The number of benzene rings is 1. The fourth-order valence-electron chi connectivity index (χ4n) is 3.68. The van der Waals surface area contributed by atoms with Gasteiger partial charge in [0.2, 0.25) is 0 Å². The smallest absolute Gasteiger partial charge is 0.270 e. The van der Waals surface area contributed by atoms with Crippen LogP contribution in [0.1, 0.15) is 20.3 Å². The zero-order valence-corrected chi connectivity index (χ0v) is 20.1. The Hall–Kier alpha value is -3.70. The van der Waals surface area contributed by atoms with Crippen molar-refractivity contribution in [2.24, 2.45) is 23.7 Å². The second kappa shape index (κ2) is 11.6. The highest BCUT2D eigenvalue weighted by Gasteiger charge is 2.34. The number of aromatic nitrogens is 2. The lowest BCUT2D eigenvalue weighted by molar-refractivity contribution is -0.134. The number of aryl methyl sites for hydroxylation is 1. The Balaban J connectivity index is 1.70. The minimum Gasteiger partial charge on any atom is -0.459 e. The molecular weight excluding hydrogens is 452 g/mol. The van der Waals surface area contributed by atoms with Crippen LogP contribution in [0.2, 0.25) is 0 Å². The zero-order chi connectivity index (χ0) is 25.5. The molecule has 2 unspecified atom stereocenters. The fourth-order valence-corrected chi connectivity index (χ4v) is 3.68. The van der Waals surface area contributed by atoms with Crippen molar-refractivity contribution < 1.29 is 24.5 Å². The third-order valence-corrected chi connectivity index (χ3v) is 5.42. The summed E-state index contributed by atoms with van der Waals surface area (Å²) in [5.41, 5.74) is 6.75. The number of hydrogen-bond acceptors (Lipinski definition) is 7. The van der Waals surface area contributed by atoms with Gasteiger partial charge >= 0.3 is 0 Å². The summed E-state index contributed by atoms with van der Waals surface area (Å²) in [6.07, 6.45) is 5.39. The Morgan fingerprint density at radius 2 is 2.17 bits per heavy atom. The molecule has 0 fully saturated rings. The molecule has 1 aromatic heterocycles. The molecule has 11 heteroatoms. The van der Waals surface area contributed by atoms with Gasteiger partial charge in [-0.2, -0.15) is 10.1 Å². The lowest BCUT2D eigenvalue weighted by atomic mass is 10.0. The number of nitrogens with one attached hydrogen (secondary N) is 1. The normalized spacial score (nSPS) is 16.3. The highest BCUT2D eigenvalue weighted by Crippen LogP contribution is 2.29. The molecule has 11 nitrogen and oxygen atoms in total. The maximum absolute atomic E-state index is 13.0. The summed E-state index contributed by atoms with van der Waals surface area (Å²) in [5, 5.41) is 25.9. The van der Waals surface area contributed by atoms with Crippen molar-refractivity contribution in [2.75, 3.05) is 19.7 Å². The maximum atomic E-state index is 13.0. The van der Waals surface area contributed by atoms with Crippen molar-refractivity contribution in [1.82, 2.24) is 20.0 Å². The van der Waals surface area contributed by atoms with E-state index < -0.39 is 18.1 Å². The number of hydrogen-bond donors (Lipinski definition) is 4. The number of ether oxygens (including phenoxy) is 1. The van der Waals surface area contributed by atoms with E-state index in [4.69, 9.17) is 15.6 Å². The first kappa shape index (κ1) is 25.9. The molecule has 0 spiro atoms. The lowest BCUT2D eigenvalue weighted by Gasteiger charge is -2.26. The number of rotatable bonds is 11. The van der Waals surface area contributed by atoms with Crippen LogP contribution in [0.4, 0.5) is 0 Å². The third kappa shape index (κ3) is 6.67. The molecular formula is C24H32N6O5. The number of nitrogens with two attached hydrogens (primary N) is 1. The minimum atomic E-state index is -0.912. The number of amidine groups is 1. The molecule has 2 atom stereocenters. The first-order valence-electron chi connectivity index (χ1n) is 11.4. The quantitative estimate of drug-likeness (QED) is 0.264. The molecule has 1 aliphatic rings. The summed E-state index contributed by atoms with van der Waals surface area (Å²) in [7, 11) is 1.84. The van der Waals surface area contributed by atoms with Crippen LogP contribution < -0.4 is 15.8 Å². The highest BCUT2D eigenvalue weighted by molar-refractivity contribution is 6.03. The standard InChI is InChI=1S/C24H32N6O5/c1-15(2)9-20(24(34)28-22(25)7-8-26-11-16(32)14-31)30-13-17(10-23(30)33)35-21-6-4-5-19-18(21)12-27-29(19)3/h4-8,10,12,15-16,20,26,31-32H,9,11,13-14H2,1-3H3,(H2,25,28,34). The van der Waals surface area contributed by atoms with Crippen molar-refractivity contribution in [3.63, 3.8) is 0 Å². The lowest BCUT2D eigenvalue weighted by Crippen LogP contribution is -2.43. The van der Waals surface area contributed by atoms with E-state index in [9.17, 15) is 14.7 Å². The number of nitrogens with zero attached hydrogens (tertiary/aromatic N) is 4. The van der Waals surface area contributed by atoms with Crippen molar-refractivity contribution in [3.8, 4) is 5.75 Å². The number of aliphatic imine (C=N–C) groups is 1. The predicted octanol–water partition coefficient (Wildman–Crippen LogP) is 0.433. The van der Waals surface area contributed by atoms with E-state index >= 15 is 0 Å². The molecule has 2 amide bonds. The number of carbonyl (C=O) groups excluding carboxylic acids is 2. The van der Waals surface area contributed by atoms with Gasteiger partial charge in [0, 0.05) is 25.9 Å². The van der Waals surface area contributed by atoms with Crippen molar-refractivity contribution in [2.45, 2.75) is 32.4 Å². The molecule has 0 bridgehead atoms. The Kier molecular flexibility index (Phi) is 8.61. The average molecular weight is 485 g/mol. The van der Waals surface area contributed by atoms with Crippen LogP contribution in [0.3, 0.4) is 0 Å². The van der Waals surface area contributed by atoms with Crippen LogP contribution in [-0.2, 0) is 16.6 Å². The van der Waals surface area contributed by atoms with E-state index in [1.54, 1.807) is 16.9 Å². The molecule has 0 aliphatic carbocycles. The minimum absolute atomic E-state index is 0.0471. The monoisotopic (exact) mass is 484 g/mol. The van der Waals surface area contributed by atoms with E-state index in [1.165, 1.54) is 23.3 Å². The summed E-state index contributed by atoms with van der Waals surface area (Å²) in [4.78, 5) is 31.2.